The van der Waals surface area contributed by atoms with E-state index in [0.717, 1.165) is 22.6 Å². The molecule has 31 heavy (non-hydrogen) atoms. The van der Waals surface area contributed by atoms with E-state index in [9.17, 15) is 9.59 Å². The van der Waals surface area contributed by atoms with Gasteiger partial charge in [0.15, 0.2) is 0 Å². The highest BCUT2D eigenvalue weighted by Gasteiger charge is 2.25. The number of nitrogens with one attached hydrogen (secondary N) is 1. The molecular formula is C24H25N5O2. The first-order valence-electron chi connectivity index (χ1n) is 10.3. The van der Waals surface area contributed by atoms with Crippen molar-refractivity contribution in [3.63, 3.8) is 0 Å². The maximum absolute atomic E-state index is 13.4. The van der Waals surface area contributed by atoms with Gasteiger partial charge in [-0.2, -0.15) is 10.2 Å². The molecule has 0 aliphatic heterocycles. The molecule has 0 saturated heterocycles. The molecule has 0 unspecified atom stereocenters. The summed E-state index contributed by atoms with van der Waals surface area (Å²) in [6.45, 7) is 7.47. The number of amides is 1. The van der Waals surface area contributed by atoms with Crippen molar-refractivity contribution >= 4 is 22.5 Å². The molecule has 1 N–H and O–H groups in total. The van der Waals surface area contributed by atoms with Crippen LogP contribution in [0.3, 0.4) is 0 Å². The number of aromatic nitrogens is 4. The Morgan fingerprint density at radius 3 is 2.35 bits per heavy atom. The Morgan fingerprint density at radius 1 is 1.00 bits per heavy atom. The fraction of sp³-hybridized carbons (Fsp3) is 0.250. The highest BCUT2D eigenvalue weighted by Crippen LogP contribution is 2.22. The van der Waals surface area contributed by atoms with Crippen LogP contribution in [0.1, 0.15) is 36.3 Å². The molecule has 0 aliphatic carbocycles. The van der Waals surface area contributed by atoms with E-state index in [1.807, 2.05) is 82.3 Å². The number of para-hydroxylation sites is 2. The smallest absolute Gasteiger partial charge is 0.278 e. The minimum absolute atomic E-state index is 0.266. The largest absolute Gasteiger partial charge is 0.324 e. The normalized spacial score (nSPS) is 12.1. The lowest BCUT2D eigenvalue weighted by molar-refractivity contribution is -0.119. The molecular weight excluding hydrogens is 390 g/mol. The van der Waals surface area contributed by atoms with Crippen LogP contribution in [0.15, 0.2) is 59.4 Å². The molecule has 4 rings (SSSR count). The Labute approximate surface area is 180 Å². The summed E-state index contributed by atoms with van der Waals surface area (Å²) in [5.41, 5.74) is 4.12. The molecule has 1 atom stereocenters. The Bertz CT molecular complexity index is 1320. The second kappa shape index (κ2) is 8.18. The van der Waals surface area contributed by atoms with Gasteiger partial charge < -0.3 is 5.32 Å². The van der Waals surface area contributed by atoms with E-state index in [2.05, 4.69) is 15.5 Å². The van der Waals surface area contributed by atoms with Gasteiger partial charge in [-0.3, -0.25) is 9.59 Å². The minimum Gasteiger partial charge on any atom is -0.324 e. The number of hydrogen-bond acceptors (Lipinski definition) is 4. The molecule has 7 heteroatoms. The first-order chi connectivity index (χ1) is 14.9. The summed E-state index contributed by atoms with van der Waals surface area (Å²) >= 11 is 0. The number of anilines is 1. The summed E-state index contributed by atoms with van der Waals surface area (Å²) in [7, 11) is 0. The second-order valence-corrected chi connectivity index (χ2v) is 7.62. The number of hydrogen-bond donors (Lipinski definition) is 1. The van der Waals surface area contributed by atoms with E-state index in [0.29, 0.717) is 23.0 Å². The summed E-state index contributed by atoms with van der Waals surface area (Å²) < 4.78 is 3.05. The van der Waals surface area contributed by atoms with Crippen molar-refractivity contribution in [2.45, 2.75) is 40.2 Å². The van der Waals surface area contributed by atoms with Crippen LogP contribution in [0, 0.1) is 20.8 Å². The Hall–Kier alpha value is -3.74. The van der Waals surface area contributed by atoms with Gasteiger partial charge in [-0.1, -0.05) is 43.3 Å². The quantitative estimate of drug-likeness (QED) is 0.532. The van der Waals surface area contributed by atoms with Crippen molar-refractivity contribution in [3.05, 3.63) is 81.9 Å². The fourth-order valence-electron chi connectivity index (χ4n) is 3.81. The van der Waals surface area contributed by atoms with Crippen molar-refractivity contribution in [3.8, 4) is 5.69 Å². The maximum atomic E-state index is 13.4. The third-order valence-corrected chi connectivity index (χ3v) is 5.53. The van der Waals surface area contributed by atoms with E-state index in [-0.39, 0.29) is 11.5 Å². The standard InChI is InChI=1S/C24H25N5O2/c1-5-20(23(30)25-19-14-10-9-11-15(19)2)29-24(31)21-17(4)28(18-12-7-6-8-13-18)27-22(21)16(3)26-29/h6-14,20H,5H2,1-4H3,(H,25,30)/t20-/m1/s1. The lowest BCUT2D eigenvalue weighted by atomic mass is 10.1. The van der Waals surface area contributed by atoms with Gasteiger partial charge in [-0.05, 0) is 51.0 Å². The van der Waals surface area contributed by atoms with E-state index in [1.165, 1.54) is 4.68 Å². The molecule has 1 amide bonds. The monoisotopic (exact) mass is 415 g/mol. The van der Waals surface area contributed by atoms with Crippen molar-refractivity contribution in [2.75, 3.05) is 5.32 Å². The zero-order valence-corrected chi connectivity index (χ0v) is 18.1. The van der Waals surface area contributed by atoms with Crippen LogP contribution in [0.2, 0.25) is 0 Å². The molecule has 0 saturated carbocycles. The lowest BCUT2D eigenvalue weighted by Crippen LogP contribution is -2.35. The zero-order valence-electron chi connectivity index (χ0n) is 18.1. The summed E-state index contributed by atoms with van der Waals surface area (Å²) in [5, 5.41) is 12.5. The van der Waals surface area contributed by atoms with Crippen LogP contribution in [0.25, 0.3) is 16.6 Å². The molecule has 0 fully saturated rings. The van der Waals surface area contributed by atoms with E-state index in [1.54, 1.807) is 4.68 Å². The number of rotatable bonds is 5. The average molecular weight is 415 g/mol. The Balaban J connectivity index is 1.81. The third kappa shape index (κ3) is 3.63. The zero-order chi connectivity index (χ0) is 22.1. The first-order valence-corrected chi connectivity index (χ1v) is 10.3. The first kappa shape index (κ1) is 20.5. The van der Waals surface area contributed by atoms with Gasteiger partial charge in [0.1, 0.15) is 11.6 Å². The molecule has 2 aromatic heterocycles. The highest BCUT2D eigenvalue weighted by molar-refractivity contribution is 5.94. The van der Waals surface area contributed by atoms with Crippen molar-refractivity contribution in [1.29, 1.82) is 0 Å². The van der Waals surface area contributed by atoms with E-state index >= 15 is 0 Å². The van der Waals surface area contributed by atoms with E-state index < -0.39 is 6.04 Å². The van der Waals surface area contributed by atoms with Crippen LogP contribution in [0.5, 0.6) is 0 Å². The van der Waals surface area contributed by atoms with Crippen LogP contribution in [-0.4, -0.2) is 25.5 Å². The molecule has 0 aliphatic rings. The van der Waals surface area contributed by atoms with Gasteiger partial charge in [-0.15, -0.1) is 0 Å². The van der Waals surface area contributed by atoms with Gasteiger partial charge in [0.05, 0.1) is 22.5 Å². The summed E-state index contributed by atoms with van der Waals surface area (Å²) in [6, 6.07) is 16.5. The molecule has 2 aromatic carbocycles. The van der Waals surface area contributed by atoms with Crippen LogP contribution >= 0.6 is 0 Å². The van der Waals surface area contributed by atoms with E-state index in [4.69, 9.17) is 0 Å². The predicted molar refractivity (Wildman–Crippen MR) is 122 cm³/mol. The number of nitrogens with zero attached hydrogens (tertiary/aromatic N) is 4. The molecule has 4 aromatic rings. The SMILES string of the molecule is CC[C@H](C(=O)Nc1ccccc1C)n1nc(C)c2nn(-c3ccccc3)c(C)c2c1=O. The van der Waals surface area contributed by atoms with Crippen LogP contribution in [0.4, 0.5) is 5.69 Å². The molecule has 0 radical (unpaired) electrons. The molecule has 2 heterocycles. The number of carbonyl (C=O) groups is 1. The topological polar surface area (TPSA) is 81.8 Å². The van der Waals surface area contributed by atoms with Gasteiger partial charge >= 0.3 is 0 Å². The van der Waals surface area contributed by atoms with Crippen LogP contribution < -0.4 is 10.9 Å². The van der Waals surface area contributed by atoms with Gasteiger partial charge in [0, 0.05) is 5.69 Å². The molecule has 7 nitrogen and oxygen atoms in total. The minimum atomic E-state index is -0.727. The highest BCUT2D eigenvalue weighted by atomic mass is 16.2. The predicted octanol–water partition coefficient (Wildman–Crippen LogP) is 4.10. The molecule has 0 bridgehead atoms. The van der Waals surface area contributed by atoms with Crippen LogP contribution in [-0.2, 0) is 4.79 Å². The number of fused-ring (bicyclic) bond motifs is 1. The summed E-state index contributed by atoms with van der Waals surface area (Å²) in [5.74, 6) is -0.266. The lowest BCUT2D eigenvalue weighted by Gasteiger charge is -2.18. The number of carbonyl (C=O) groups excluding carboxylic acids is 1. The second-order valence-electron chi connectivity index (χ2n) is 7.62. The molecule has 158 valence electrons. The van der Waals surface area contributed by atoms with Gasteiger partial charge in [0.25, 0.3) is 5.56 Å². The van der Waals surface area contributed by atoms with Crippen molar-refractivity contribution < 1.29 is 4.79 Å². The fourth-order valence-corrected chi connectivity index (χ4v) is 3.81. The summed E-state index contributed by atoms with van der Waals surface area (Å²) in [4.78, 5) is 26.5. The Kier molecular flexibility index (Phi) is 5.42. The van der Waals surface area contributed by atoms with Gasteiger partial charge in [0.2, 0.25) is 5.91 Å². The number of aryl methyl sites for hydroxylation is 3. The summed E-state index contributed by atoms with van der Waals surface area (Å²) in [6.07, 6.45) is 0.432. The maximum Gasteiger partial charge on any atom is 0.278 e. The van der Waals surface area contributed by atoms with Gasteiger partial charge in [-0.25, -0.2) is 9.36 Å². The third-order valence-electron chi connectivity index (χ3n) is 5.53. The Morgan fingerprint density at radius 2 is 1.68 bits per heavy atom. The number of benzene rings is 2. The average Bonchev–Trinajstić information content (AvgIpc) is 3.12. The molecule has 0 spiro atoms. The van der Waals surface area contributed by atoms with Crippen molar-refractivity contribution in [1.82, 2.24) is 19.6 Å². The van der Waals surface area contributed by atoms with Crippen molar-refractivity contribution in [2.24, 2.45) is 0 Å².